The highest BCUT2D eigenvalue weighted by Gasteiger charge is 2.05. The standard InChI is InChI=1S/C16H14O4/c17-12-13-6-8-15(9-7-13)20-16(18)10-11-19-14-4-2-1-3-5-14/h1-9,12H,10-11H2. The van der Waals surface area contributed by atoms with Crippen molar-refractivity contribution >= 4 is 12.3 Å². The van der Waals surface area contributed by atoms with E-state index < -0.39 is 0 Å². The fourth-order valence-corrected chi connectivity index (χ4v) is 1.57. The van der Waals surface area contributed by atoms with Crippen LogP contribution in [0.2, 0.25) is 0 Å². The van der Waals surface area contributed by atoms with Gasteiger partial charge in [-0.3, -0.25) is 9.59 Å². The molecule has 0 spiro atoms. The molecule has 0 radical (unpaired) electrons. The van der Waals surface area contributed by atoms with Gasteiger partial charge >= 0.3 is 5.97 Å². The SMILES string of the molecule is O=Cc1ccc(OC(=O)CCOc2ccccc2)cc1. The van der Waals surface area contributed by atoms with E-state index in [0.29, 0.717) is 11.3 Å². The lowest BCUT2D eigenvalue weighted by Crippen LogP contribution is -2.12. The molecule has 0 heterocycles. The van der Waals surface area contributed by atoms with Gasteiger partial charge in [-0.15, -0.1) is 0 Å². The summed E-state index contributed by atoms with van der Waals surface area (Å²) in [4.78, 5) is 22.1. The summed E-state index contributed by atoms with van der Waals surface area (Å²) >= 11 is 0. The van der Waals surface area contributed by atoms with Crippen LogP contribution in [0.3, 0.4) is 0 Å². The van der Waals surface area contributed by atoms with Crippen molar-refractivity contribution in [2.75, 3.05) is 6.61 Å². The van der Waals surface area contributed by atoms with Gasteiger partial charge in [-0.1, -0.05) is 18.2 Å². The van der Waals surface area contributed by atoms with Crippen LogP contribution < -0.4 is 9.47 Å². The zero-order valence-electron chi connectivity index (χ0n) is 10.8. The maximum Gasteiger partial charge on any atom is 0.314 e. The topological polar surface area (TPSA) is 52.6 Å². The Labute approximate surface area is 116 Å². The Bertz CT molecular complexity index is 561. The molecular formula is C16H14O4. The number of carbonyl (C=O) groups is 2. The van der Waals surface area contributed by atoms with Crippen LogP contribution in [-0.2, 0) is 4.79 Å². The van der Waals surface area contributed by atoms with E-state index in [1.807, 2.05) is 30.3 Å². The van der Waals surface area contributed by atoms with Gasteiger partial charge in [0.2, 0.25) is 0 Å². The molecule has 0 N–H and O–H groups in total. The summed E-state index contributed by atoms with van der Waals surface area (Å²) in [7, 11) is 0. The van der Waals surface area contributed by atoms with E-state index in [0.717, 1.165) is 12.0 Å². The molecule has 0 aliphatic rings. The predicted molar refractivity (Wildman–Crippen MR) is 74.0 cm³/mol. The van der Waals surface area contributed by atoms with Gasteiger partial charge in [0.05, 0.1) is 13.0 Å². The van der Waals surface area contributed by atoms with Crippen molar-refractivity contribution < 1.29 is 19.1 Å². The molecule has 0 aliphatic carbocycles. The molecule has 2 aromatic rings. The fourth-order valence-electron chi connectivity index (χ4n) is 1.57. The van der Waals surface area contributed by atoms with Crippen LogP contribution in [0, 0.1) is 0 Å². The van der Waals surface area contributed by atoms with E-state index in [4.69, 9.17) is 9.47 Å². The number of aldehydes is 1. The Morgan fingerprint density at radius 3 is 2.30 bits per heavy atom. The Morgan fingerprint density at radius 2 is 1.65 bits per heavy atom. The van der Waals surface area contributed by atoms with Gasteiger partial charge < -0.3 is 9.47 Å². The van der Waals surface area contributed by atoms with Crippen molar-refractivity contribution in [3.8, 4) is 11.5 Å². The van der Waals surface area contributed by atoms with E-state index in [-0.39, 0.29) is 19.0 Å². The third kappa shape index (κ3) is 4.24. The van der Waals surface area contributed by atoms with Gasteiger partial charge in [0.1, 0.15) is 17.8 Å². The highest BCUT2D eigenvalue weighted by Crippen LogP contribution is 2.12. The monoisotopic (exact) mass is 270 g/mol. The summed E-state index contributed by atoms with van der Waals surface area (Å²) in [5.41, 5.74) is 0.539. The van der Waals surface area contributed by atoms with Crippen molar-refractivity contribution in [3.05, 3.63) is 60.2 Å². The van der Waals surface area contributed by atoms with Crippen molar-refractivity contribution in [1.82, 2.24) is 0 Å². The van der Waals surface area contributed by atoms with Crippen molar-refractivity contribution in [2.24, 2.45) is 0 Å². The first kappa shape index (κ1) is 13.8. The van der Waals surface area contributed by atoms with Crippen LogP contribution in [0.4, 0.5) is 0 Å². The van der Waals surface area contributed by atoms with Crippen LogP contribution in [0.15, 0.2) is 54.6 Å². The van der Waals surface area contributed by atoms with Crippen molar-refractivity contribution in [1.29, 1.82) is 0 Å². The molecule has 20 heavy (non-hydrogen) atoms. The molecule has 2 rings (SSSR count). The summed E-state index contributed by atoms with van der Waals surface area (Å²) in [6.45, 7) is 0.259. The normalized spacial score (nSPS) is 9.80. The van der Waals surface area contributed by atoms with E-state index in [2.05, 4.69) is 0 Å². The minimum absolute atomic E-state index is 0.157. The van der Waals surface area contributed by atoms with Gasteiger partial charge in [0, 0.05) is 5.56 Å². The zero-order valence-corrected chi connectivity index (χ0v) is 10.8. The third-order valence-electron chi connectivity index (χ3n) is 2.57. The number of hydrogen-bond acceptors (Lipinski definition) is 4. The minimum Gasteiger partial charge on any atom is -0.493 e. The lowest BCUT2D eigenvalue weighted by Gasteiger charge is -2.06. The average Bonchev–Trinajstić information content (AvgIpc) is 2.49. The third-order valence-corrected chi connectivity index (χ3v) is 2.57. The summed E-state index contributed by atoms with van der Waals surface area (Å²) in [6.07, 6.45) is 0.892. The fraction of sp³-hybridized carbons (Fsp3) is 0.125. The number of hydrogen-bond donors (Lipinski definition) is 0. The predicted octanol–water partition coefficient (Wildman–Crippen LogP) is 2.87. The maximum absolute atomic E-state index is 11.6. The number of para-hydroxylation sites is 1. The molecule has 0 unspecified atom stereocenters. The highest BCUT2D eigenvalue weighted by molar-refractivity contribution is 5.76. The average molecular weight is 270 g/mol. The molecule has 0 fully saturated rings. The first-order chi connectivity index (χ1) is 9.78. The molecule has 0 saturated carbocycles. The second-order valence-corrected chi connectivity index (χ2v) is 4.07. The lowest BCUT2D eigenvalue weighted by molar-refractivity contribution is -0.134. The van der Waals surface area contributed by atoms with E-state index in [9.17, 15) is 9.59 Å². The molecule has 2 aromatic carbocycles. The van der Waals surface area contributed by atoms with Crippen LogP contribution in [-0.4, -0.2) is 18.9 Å². The van der Waals surface area contributed by atoms with Gasteiger partial charge in [-0.25, -0.2) is 0 Å². The van der Waals surface area contributed by atoms with Gasteiger partial charge in [0.15, 0.2) is 0 Å². The largest absolute Gasteiger partial charge is 0.493 e. The molecule has 102 valence electrons. The molecular weight excluding hydrogens is 256 g/mol. The lowest BCUT2D eigenvalue weighted by atomic mass is 10.2. The van der Waals surface area contributed by atoms with Crippen molar-refractivity contribution in [2.45, 2.75) is 6.42 Å². The molecule has 0 aromatic heterocycles. The Kier molecular flexibility index (Phi) is 4.89. The number of ether oxygens (including phenoxy) is 2. The number of carbonyl (C=O) groups excluding carboxylic acids is 2. The van der Waals surface area contributed by atoms with E-state index >= 15 is 0 Å². The molecule has 0 atom stereocenters. The Morgan fingerprint density at radius 1 is 0.950 bits per heavy atom. The van der Waals surface area contributed by atoms with Crippen LogP contribution in [0.5, 0.6) is 11.5 Å². The second kappa shape index (κ2) is 7.09. The van der Waals surface area contributed by atoms with Crippen molar-refractivity contribution in [3.63, 3.8) is 0 Å². The second-order valence-electron chi connectivity index (χ2n) is 4.07. The molecule has 4 nitrogen and oxygen atoms in total. The van der Waals surface area contributed by atoms with E-state index in [1.165, 1.54) is 0 Å². The number of esters is 1. The zero-order chi connectivity index (χ0) is 14.2. The van der Waals surface area contributed by atoms with Gasteiger partial charge in [0.25, 0.3) is 0 Å². The van der Waals surface area contributed by atoms with Gasteiger partial charge in [-0.2, -0.15) is 0 Å². The van der Waals surface area contributed by atoms with Crippen LogP contribution >= 0.6 is 0 Å². The van der Waals surface area contributed by atoms with Crippen LogP contribution in [0.1, 0.15) is 16.8 Å². The Balaban J connectivity index is 1.76. The molecule has 0 aliphatic heterocycles. The first-order valence-corrected chi connectivity index (χ1v) is 6.22. The smallest absolute Gasteiger partial charge is 0.314 e. The minimum atomic E-state index is -0.375. The summed E-state index contributed by atoms with van der Waals surface area (Å²) in [5.74, 6) is 0.760. The Hall–Kier alpha value is -2.62. The molecule has 4 heteroatoms. The quantitative estimate of drug-likeness (QED) is 0.460. The molecule has 0 bridgehead atoms. The number of rotatable bonds is 6. The summed E-state index contributed by atoms with van der Waals surface area (Å²) in [5, 5.41) is 0. The summed E-state index contributed by atoms with van der Waals surface area (Å²) < 4.78 is 10.5. The van der Waals surface area contributed by atoms with Crippen LogP contribution in [0.25, 0.3) is 0 Å². The first-order valence-electron chi connectivity index (χ1n) is 6.22. The summed E-state index contributed by atoms with van der Waals surface area (Å²) in [6, 6.07) is 15.6. The number of benzene rings is 2. The van der Waals surface area contributed by atoms with E-state index in [1.54, 1.807) is 24.3 Å². The molecule has 0 saturated heterocycles. The highest BCUT2D eigenvalue weighted by atomic mass is 16.5. The van der Waals surface area contributed by atoms with Gasteiger partial charge in [-0.05, 0) is 36.4 Å². The maximum atomic E-state index is 11.6. The molecule has 0 amide bonds.